The summed E-state index contributed by atoms with van der Waals surface area (Å²) in [6.45, 7) is 7.86. The molecule has 1 aliphatic heterocycles. The van der Waals surface area contributed by atoms with Gasteiger partial charge in [0.15, 0.2) is 5.76 Å². The Hall–Kier alpha value is -2.80. The number of benzene rings is 1. The van der Waals surface area contributed by atoms with Gasteiger partial charge in [-0.1, -0.05) is 12.1 Å². The molecular formula is C19H24N4O3. The van der Waals surface area contributed by atoms with E-state index in [1.807, 2.05) is 0 Å². The van der Waals surface area contributed by atoms with Crippen molar-refractivity contribution in [2.75, 3.05) is 37.6 Å². The molecule has 2 aromatic rings. The lowest BCUT2D eigenvalue weighted by molar-refractivity contribution is -0.123. The maximum absolute atomic E-state index is 12.0. The summed E-state index contributed by atoms with van der Waals surface area (Å²) in [6, 6.07) is 9.50. The summed E-state index contributed by atoms with van der Waals surface area (Å²) >= 11 is 0. The number of piperazine rings is 1. The lowest BCUT2D eigenvalue weighted by Gasteiger charge is -2.36. The number of carbonyl (C=O) groups excluding carboxylic acids is 2. The Morgan fingerprint density at radius 3 is 2.50 bits per heavy atom. The van der Waals surface area contributed by atoms with Crippen molar-refractivity contribution in [3.8, 4) is 0 Å². The minimum atomic E-state index is -0.469. The van der Waals surface area contributed by atoms with Crippen molar-refractivity contribution in [3.05, 3.63) is 53.5 Å². The number of aryl methyl sites for hydroxylation is 1. The molecule has 1 aromatic carbocycles. The van der Waals surface area contributed by atoms with E-state index in [1.54, 1.807) is 6.07 Å². The van der Waals surface area contributed by atoms with Crippen LogP contribution in [0.15, 0.2) is 41.0 Å². The molecule has 0 saturated carbocycles. The molecule has 0 bridgehead atoms. The standard InChI is InChI=1S/C19H24N4O3/c1-14-5-3-6-16(15(14)2)23-10-8-22(9-11-23)13-18(24)20-21-19(25)17-7-4-12-26-17/h3-7,12H,8-11,13H2,1-2H3,(H,20,24)(H,21,25). The van der Waals surface area contributed by atoms with Crippen LogP contribution in [0.1, 0.15) is 21.7 Å². The van der Waals surface area contributed by atoms with Crippen LogP contribution in [0, 0.1) is 13.8 Å². The highest BCUT2D eigenvalue weighted by Crippen LogP contribution is 2.23. The van der Waals surface area contributed by atoms with Crippen LogP contribution in [0.25, 0.3) is 0 Å². The van der Waals surface area contributed by atoms with E-state index in [1.165, 1.54) is 29.1 Å². The van der Waals surface area contributed by atoms with Crippen LogP contribution in [-0.2, 0) is 4.79 Å². The van der Waals surface area contributed by atoms with Crippen LogP contribution in [-0.4, -0.2) is 49.4 Å². The van der Waals surface area contributed by atoms with Gasteiger partial charge >= 0.3 is 5.91 Å². The first-order valence-corrected chi connectivity index (χ1v) is 8.71. The molecule has 7 heteroatoms. The summed E-state index contributed by atoms with van der Waals surface area (Å²) in [7, 11) is 0. The van der Waals surface area contributed by atoms with Crippen molar-refractivity contribution in [2.45, 2.75) is 13.8 Å². The Labute approximate surface area is 152 Å². The first-order chi connectivity index (χ1) is 12.5. The number of furan rings is 1. The van der Waals surface area contributed by atoms with Crippen molar-refractivity contribution < 1.29 is 14.0 Å². The number of carbonyl (C=O) groups is 2. The second kappa shape index (κ2) is 8.05. The molecule has 26 heavy (non-hydrogen) atoms. The SMILES string of the molecule is Cc1cccc(N2CCN(CC(=O)NNC(=O)c3ccco3)CC2)c1C. The van der Waals surface area contributed by atoms with Gasteiger partial charge in [0.25, 0.3) is 5.91 Å². The highest BCUT2D eigenvalue weighted by atomic mass is 16.3. The Balaban J connectivity index is 1.44. The fourth-order valence-electron chi connectivity index (χ4n) is 3.06. The molecule has 0 radical (unpaired) electrons. The molecule has 1 aliphatic rings. The largest absolute Gasteiger partial charge is 0.459 e. The first kappa shape index (κ1) is 18.0. The fourth-order valence-corrected chi connectivity index (χ4v) is 3.06. The van der Waals surface area contributed by atoms with E-state index < -0.39 is 5.91 Å². The predicted octanol–water partition coefficient (Wildman–Crippen LogP) is 1.48. The molecule has 138 valence electrons. The summed E-state index contributed by atoms with van der Waals surface area (Å²) in [5, 5.41) is 0. The number of hydrogen-bond donors (Lipinski definition) is 2. The number of nitrogens with zero attached hydrogens (tertiary/aromatic N) is 2. The normalized spacial score (nSPS) is 14.9. The number of rotatable bonds is 4. The number of hydrazine groups is 1. The van der Waals surface area contributed by atoms with E-state index in [9.17, 15) is 9.59 Å². The van der Waals surface area contributed by atoms with Crippen LogP contribution in [0.2, 0.25) is 0 Å². The van der Waals surface area contributed by atoms with Crippen molar-refractivity contribution in [3.63, 3.8) is 0 Å². The van der Waals surface area contributed by atoms with Gasteiger partial charge in [-0.3, -0.25) is 25.3 Å². The van der Waals surface area contributed by atoms with Crippen molar-refractivity contribution >= 4 is 17.5 Å². The summed E-state index contributed by atoms with van der Waals surface area (Å²) in [5.41, 5.74) is 8.63. The van der Waals surface area contributed by atoms with Crippen LogP contribution in [0.4, 0.5) is 5.69 Å². The zero-order chi connectivity index (χ0) is 18.5. The van der Waals surface area contributed by atoms with Crippen LogP contribution >= 0.6 is 0 Å². The third-order valence-electron chi connectivity index (χ3n) is 4.72. The van der Waals surface area contributed by atoms with E-state index in [0.29, 0.717) is 0 Å². The van der Waals surface area contributed by atoms with Crippen LogP contribution in [0.3, 0.4) is 0 Å². The molecule has 0 unspecified atom stereocenters. The zero-order valence-electron chi connectivity index (χ0n) is 15.1. The number of amides is 2. The Morgan fingerprint density at radius 2 is 1.81 bits per heavy atom. The van der Waals surface area contributed by atoms with E-state index in [0.717, 1.165) is 26.2 Å². The molecular weight excluding hydrogens is 332 g/mol. The van der Waals surface area contributed by atoms with Gasteiger partial charge < -0.3 is 9.32 Å². The molecule has 2 amide bonds. The van der Waals surface area contributed by atoms with Gasteiger partial charge in [-0.15, -0.1) is 0 Å². The number of hydrogen-bond acceptors (Lipinski definition) is 5. The maximum Gasteiger partial charge on any atom is 0.305 e. The monoisotopic (exact) mass is 356 g/mol. The van der Waals surface area contributed by atoms with E-state index in [4.69, 9.17) is 4.42 Å². The van der Waals surface area contributed by atoms with Crippen molar-refractivity contribution in [1.29, 1.82) is 0 Å². The molecule has 1 fully saturated rings. The van der Waals surface area contributed by atoms with E-state index in [2.05, 4.69) is 52.7 Å². The molecule has 0 spiro atoms. The van der Waals surface area contributed by atoms with Crippen molar-refractivity contribution in [2.24, 2.45) is 0 Å². The van der Waals surface area contributed by atoms with E-state index >= 15 is 0 Å². The van der Waals surface area contributed by atoms with Crippen LogP contribution < -0.4 is 15.8 Å². The molecule has 0 atom stereocenters. The molecule has 2 heterocycles. The van der Waals surface area contributed by atoms with Crippen LogP contribution in [0.5, 0.6) is 0 Å². The highest BCUT2D eigenvalue weighted by molar-refractivity contribution is 5.93. The third-order valence-corrected chi connectivity index (χ3v) is 4.72. The third kappa shape index (κ3) is 4.23. The Bertz CT molecular complexity index is 765. The number of anilines is 1. The lowest BCUT2D eigenvalue weighted by atomic mass is 10.1. The molecule has 1 saturated heterocycles. The van der Waals surface area contributed by atoms with Crippen molar-refractivity contribution in [1.82, 2.24) is 15.8 Å². The van der Waals surface area contributed by atoms with Gasteiger partial charge in [-0.05, 0) is 43.2 Å². The fraction of sp³-hybridized carbons (Fsp3) is 0.368. The smallest absolute Gasteiger partial charge is 0.305 e. The van der Waals surface area contributed by atoms with Gasteiger partial charge in [0, 0.05) is 31.9 Å². The summed E-state index contributed by atoms with van der Waals surface area (Å²) in [5.74, 6) is -0.555. The van der Waals surface area contributed by atoms with E-state index in [-0.39, 0.29) is 18.2 Å². The quantitative estimate of drug-likeness (QED) is 0.812. The maximum atomic E-state index is 12.0. The summed E-state index contributed by atoms with van der Waals surface area (Å²) in [6.07, 6.45) is 1.41. The zero-order valence-corrected chi connectivity index (χ0v) is 15.1. The highest BCUT2D eigenvalue weighted by Gasteiger charge is 2.20. The Kier molecular flexibility index (Phi) is 5.58. The minimum absolute atomic E-state index is 0.160. The minimum Gasteiger partial charge on any atom is -0.459 e. The van der Waals surface area contributed by atoms with Gasteiger partial charge in [0.05, 0.1) is 12.8 Å². The average molecular weight is 356 g/mol. The molecule has 0 aliphatic carbocycles. The van der Waals surface area contributed by atoms with Gasteiger partial charge in [0.2, 0.25) is 0 Å². The predicted molar refractivity (Wildman–Crippen MR) is 98.9 cm³/mol. The summed E-state index contributed by atoms with van der Waals surface area (Å²) in [4.78, 5) is 28.2. The topological polar surface area (TPSA) is 77.8 Å². The lowest BCUT2D eigenvalue weighted by Crippen LogP contribution is -2.52. The van der Waals surface area contributed by atoms with Gasteiger partial charge in [-0.25, -0.2) is 0 Å². The Morgan fingerprint density at radius 1 is 1.04 bits per heavy atom. The first-order valence-electron chi connectivity index (χ1n) is 8.71. The average Bonchev–Trinajstić information content (AvgIpc) is 3.18. The number of nitrogens with one attached hydrogen (secondary N) is 2. The molecule has 7 nitrogen and oxygen atoms in total. The second-order valence-electron chi connectivity index (χ2n) is 6.46. The second-order valence-corrected chi connectivity index (χ2v) is 6.46. The molecule has 2 N–H and O–H groups in total. The van der Waals surface area contributed by atoms with Gasteiger partial charge in [0.1, 0.15) is 0 Å². The van der Waals surface area contributed by atoms with Gasteiger partial charge in [-0.2, -0.15) is 0 Å². The summed E-state index contributed by atoms with van der Waals surface area (Å²) < 4.78 is 4.97. The molecule has 3 rings (SSSR count). The molecule has 1 aromatic heterocycles.